The number of aryl methyl sites for hydroxylation is 2. The molecule has 0 unspecified atom stereocenters. The fourth-order valence-electron chi connectivity index (χ4n) is 1.75. The Balaban J connectivity index is 2.19. The number of carbonyl (C=O) groups is 1. The number of aromatic nitrogens is 2. The summed E-state index contributed by atoms with van der Waals surface area (Å²) >= 11 is 4.91. The number of aromatic carboxylic acids is 1. The second-order valence-corrected chi connectivity index (χ2v) is 6.05. The van der Waals surface area contributed by atoms with Crippen molar-refractivity contribution in [2.24, 2.45) is 7.05 Å². The van der Waals surface area contributed by atoms with Crippen LogP contribution in [0.4, 0.5) is 4.39 Å². The number of hydrogen-bond acceptors (Lipinski definition) is 3. The largest absolute Gasteiger partial charge is 0.478 e. The van der Waals surface area contributed by atoms with Crippen LogP contribution in [0.15, 0.2) is 27.6 Å². The van der Waals surface area contributed by atoms with E-state index in [1.165, 1.54) is 23.9 Å². The molecule has 0 atom stereocenters. The number of benzene rings is 1. The van der Waals surface area contributed by atoms with Crippen molar-refractivity contribution in [1.29, 1.82) is 0 Å². The van der Waals surface area contributed by atoms with Gasteiger partial charge in [-0.2, -0.15) is 5.10 Å². The van der Waals surface area contributed by atoms with Gasteiger partial charge in [-0.15, -0.1) is 11.8 Å². The van der Waals surface area contributed by atoms with E-state index < -0.39 is 11.8 Å². The number of nitrogens with zero attached hydrogens (tertiary/aromatic N) is 2. The first-order chi connectivity index (χ1) is 9.40. The van der Waals surface area contributed by atoms with E-state index in [4.69, 9.17) is 5.11 Å². The zero-order chi connectivity index (χ0) is 14.9. The highest BCUT2D eigenvalue weighted by Gasteiger charge is 2.13. The molecule has 0 aliphatic carbocycles. The van der Waals surface area contributed by atoms with Gasteiger partial charge in [0.1, 0.15) is 5.82 Å². The fourth-order valence-corrected chi connectivity index (χ4v) is 3.41. The predicted octanol–water partition coefficient (Wildman–Crippen LogP) is 3.62. The Hall–Kier alpha value is -1.34. The van der Waals surface area contributed by atoms with E-state index in [1.54, 1.807) is 10.7 Å². The predicted molar refractivity (Wildman–Crippen MR) is 78.6 cm³/mol. The molecule has 0 fully saturated rings. The van der Waals surface area contributed by atoms with Crippen LogP contribution >= 0.6 is 27.7 Å². The Kier molecular flexibility index (Phi) is 4.49. The topological polar surface area (TPSA) is 55.1 Å². The minimum atomic E-state index is -1.26. The monoisotopic (exact) mass is 358 g/mol. The quantitative estimate of drug-likeness (QED) is 0.848. The molecule has 0 aliphatic heterocycles. The van der Waals surface area contributed by atoms with E-state index in [1.807, 2.05) is 14.0 Å². The van der Waals surface area contributed by atoms with Crippen molar-refractivity contribution in [3.8, 4) is 0 Å². The van der Waals surface area contributed by atoms with Crippen LogP contribution in [0.3, 0.4) is 0 Å². The van der Waals surface area contributed by atoms with Crippen molar-refractivity contribution < 1.29 is 14.3 Å². The van der Waals surface area contributed by atoms with Crippen LogP contribution in [0.2, 0.25) is 0 Å². The van der Waals surface area contributed by atoms with E-state index in [2.05, 4.69) is 21.0 Å². The van der Waals surface area contributed by atoms with E-state index >= 15 is 0 Å². The van der Waals surface area contributed by atoms with Crippen molar-refractivity contribution in [3.05, 3.63) is 45.4 Å². The molecule has 20 heavy (non-hydrogen) atoms. The molecule has 1 heterocycles. The van der Waals surface area contributed by atoms with Crippen LogP contribution in [-0.2, 0) is 12.8 Å². The van der Waals surface area contributed by atoms with Crippen molar-refractivity contribution >= 4 is 33.7 Å². The Morgan fingerprint density at radius 2 is 2.25 bits per heavy atom. The normalized spacial score (nSPS) is 10.8. The number of carboxylic acid groups (broad SMARTS) is 1. The molecular formula is C13H12BrFN2O2S. The molecule has 0 bridgehead atoms. The van der Waals surface area contributed by atoms with Gasteiger partial charge in [0.2, 0.25) is 0 Å². The SMILES string of the molecule is Cc1nn(C)c(CSc2ccc(F)c(C(=O)O)c2)c1Br. The summed E-state index contributed by atoms with van der Waals surface area (Å²) in [5.41, 5.74) is 1.58. The summed E-state index contributed by atoms with van der Waals surface area (Å²) < 4.78 is 16.0. The lowest BCUT2D eigenvalue weighted by molar-refractivity contribution is 0.0691. The number of halogens is 2. The molecule has 0 amide bonds. The van der Waals surface area contributed by atoms with Crippen LogP contribution in [0, 0.1) is 12.7 Å². The molecule has 7 heteroatoms. The molecular weight excluding hydrogens is 347 g/mol. The maximum Gasteiger partial charge on any atom is 0.338 e. The zero-order valence-electron chi connectivity index (χ0n) is 10.9. The second-order valence-electron chi connectivity index (χ2n) is 4.21. The van der Waals surface area contributed by atoms with E-state index in [0.29, 0.717) is 10.6 Å². The Bertz CT molecular complexity index is 673. The third-order valence-electron chi connectivity index (χ3n) is 2.81. The number of carboxylic acids is 1. The van der Waals surface area contributed by atoms with Gasteiger partial charge in [0.05, 0.1) is 21.4 Å². The Labute approximate surface area is 128 Å². The standard InChI is InChI=1S/C13H12BrFN2O2S/c1-7-12(14)11(17(2)16-7)6-20-8-3-4-10(15)9(5-8)13(18)19/h3-5H,6H2,1-2H3,(H,18,19). The Morgan fingerprint density at radius 3 is 2.80 bits per heavy atom. The summed E-state index contributed by atoms with van der Waals surface area (Å²) in [6.45, 7) is 1.90. The molecule has 4 nitrogen and oxygen atoms in total. The van der Waals surface area contributed by atoms with E-state index in [9.17, 15) is 9.18 Å². The van der Waals surface area contributed by atoms with Crippen molar-refractivity contribution in [3.63, 3.8) is 0 Å². The van der Waals surface area contributed by atoms with Crippen molar-refractivity contribution in [1.82, 2.24) is 9.78 Å². The molecule has 2 rings (SSSR count). The van der Waals surface area contributed by atoms with Gasteiger partial charge < -0.3 is 5.11 Å². The maximum atomic E-state index is 13.3. The first-order valence-corrected chi connectivity index (χ1v) is 7.51. The molecule has 0 radical (unpaired) electrons. The van der Waals surface area contributed by atoms with Gasteiger partial charge in [-0.05, 0) is 41.1 Å². The summed E-state index contributed by atoms with van der Waals surface area (Å²) in [5.74, 6) is -1.37. The molecule has 1 N–H and O–H groups in total. The molecule has 1 aromatic carbocycles. The lowest BCUT2D eigenvalue weighted by atomic mass is 10.2. The van der Waals surface area contributed by atoms with Gasteiger partial charge in [0.25, 0.3) is 0 Å². The average Bonchev–Trinajstić information content (AvgIpc) is 2.62. The van der Waals surface area contributed by atoms with Gasteiger partial charge in [-0.3, -0.25) is 4.68 Å². The fraction of sp³-hybridized carbons (Fsp3) is 0.231. The molecule has 0 saturated carbocycles. The maximum absolute atomic E-state index is 13.3. The van der Waals surface area contributed by atoms with Gasteiger partial charge in [0, 0.05) is 17.7 Å². The van der Waals surface area contributed by atoms with Crippen LogP contribution < -0.4 is 0 Å². The van der Waals surface area contributed by atoms with Crippen LogP contribution in [0.5, 0.6) is 0 Å². The number of rotatable bonds is 4. The second kappa shape index (κ2) is 5.97. The first kappa shape index (κ1) is 15.1. The smallest absolute Gasteiger partial charge is 0.338 e. The summed E-state index contributed by atoms with van der Waals surface area (Å²) in [6, 6.07) is 4.10. The zero-order valence-corrected chi connectivity index (χ0v) is 13.3. The van der Waals surface area contributed by atoms with Crippen molar-refractivity contribution in [2.75, 3.05) is 0 Å². The summed E-state index contributed by atoms with van der Waals surface area (Å²) in [5, 5.41) is 13.2. The lowest BCUT2D eigenvalue weighted by Gasteiger charge is -2.05. The number of hydrogen-bond donors (Lipinski definition) is 1. The van der Waals surface area contributed by atoms with Crippen LogP contribution in [-0.4, -0.2) is 20.9 Å². The highest BCUT2D eigenvalue weighted by molar-refractivity contribution is 9.10. The third kappa shape index (κ3) is 3.04. The van der Waals surface area contributed by atoms with Gasteiger partial charge in [-0.1, -0.05) is 0 Å². The molecule has 1 aromatic heterocycles. The minimum Gasteiger partial charge on any atom is -0.478 e. The Morgan fingerprint density at radius 1 is 1.55 bits per heavy atom. The van der Waals surface area contributed by atoms with Gasteiger partial charge in [-0.25, -0.2) is 9.18 Å². The average molecular weight is 359 g/mol. The molecule has 2 aromatic rings. The summed E-state index contributed by atoms with van der Waals surface area (Å²) in [7, 11) is 1.85. The highest BCUT2D eigenvalue weighted by atomic mass is 79.9. The summed E-state index contributed by atoms with van der Waals surface area (Å²) in [6.07, 6.45) is 0. The van der Waals surface area contributed by atoms with E-state index in [-0.39, 0.29) is 5.56 Å². The molecule has 0 saturated heterocycles. The summed E-state index contributed by atoms with van der Waals surface area (Å²) in [4.78, 5) is 11.6. The van der Waals surface area contributed by atoms with Gasteiger partial charge in [0.15, 0.2) is 0 Å². The molecule has 0 aliphatic rings. The first-order valence-electron chi connectivity index (χ1n) is 5.73. The third-order valence-corrected chi connectivity index (χ3v) is 4.84. The number of thioether (sulfide) groups is 1. The lowest BCUT2D eigenvalue weighted by Crippen LogP contribution is -2.00. The van der Waals surface area contributed by atoms with Crippen LogP contribution in [0.1, 0.15) is 21.7 Å². The minimum absolute atomic E-state index is 0.310. The van der Waals surface area contributed by atoms with Crippen molar-refractivity contribution in [2.45, 2.75) is 17.6 Å². The van der Waals surface area contributed by atoms with E-state index in [0.717, 1.165) is 15.9 Å². The highest BCUT2D eigenvalue weighted by Crippen LogP contribution is 2.29. The molecule has 0 spiro atoms. The molecule has 106 valence electrons. The van der Waals surface area contributed by atoms with Crippen LogP contribution in [0.25, 0.3) is 0 Å². The van der Waals surface area contributed by atoms with Gasteiger partial charge >= 0.3 is 5.97 Å².